The van der Waals surface area contributed by atoms with Gasteiger partial charge < -0.3 is 13.7 Å². The van der Waals surface area contributed by atoms with Gasteiger partial charge in [0.2, 0.25) is 0 Å². The fraction of sp³-hybridized carbons (Fsp3) is 0.0189. The first kappa shape index (κ1) is 32.1. The van der Waals surface area contributed by atoms with Crippen molar-refractivity contribution in [2.45, 2.75) is 6.92 Å². The SMILES string of the molecule is Cc1ccccc1-c1ccc(N(c2ccc(-c3ccc4ccc5oc6ccccc6c5c4c3)cc2)c2cccc(-c3cccc4c3oc3ccccc34)c2)cc1. The van der Waals surface area contributed by atoms with E-state index in [1.165, 1.54) is 27.5 Å². The lowest BCUT2D eigenvalue weighted by molar-refractivity contribution is 0.669. The van der Waals surface area contributed by atoms with Crippen molar-refractivity contribution >= 4 is 71.7 Å². The second-order valence-corrected chi connectivity index (χ2v) is 14.5. The summed E-state index contributed by atoms with van der Waals surface area (Å²) in [5.41, 5.74) is 15.0. The van der Waals surface area contributed by atoms with Gasteiger partial charge in [0.15, 0.2) is 0 Å². The molecule has 0 fully saturated rings. The van der Waals surface area contributed by atoms with Crippen molar-refractivity contribution in [1.82, 2.24) is 0 Å². The molecular weight excluding hydrogens is 683 g/mol. The highest BCUT2D eigenvalue weighted by Gasteiger charge is 2.18. The maximum Gasteiger partial charge on any atom is 0.143 e. The van der Waals surface area contributed by atoms with Crippen molar-refractivity contribution < 1.29 is 8.83 Å². The van der Waals surface area contributed by atoms with E-state index >= 15 is 0 Å². The first-order valence-electron chi connectivity index (χ1n) is 19.1. The van der Waals surface area contributed by atoms with Crippen LogP contribution in [0.5, 0.6) is 0 Å². The molecule has 2 heterocycles. The average molecular weight is 718 g/mol. The van der Waals surface area contributed by atoms with Crippen molar-refractivity contribution in [1.29, 1.82) is 0 Å². The van der Waals surface area contributed by atoms with E-state index in [9.17, 15) is 0 Å². The highest BCUT2D eigenvalue weighted by molar-refractivity contribution is 6.19. The predicted octanol–water partition coefficient (Wildman–Crippen LogP) is 15.4. The average Bonchev–Trinajstić information content (AvgIpc) is 3.84. The highest BCUT2D eigenvalue weighted by Crippen LogP contribution is 2.42. The molecule has 11 rings (SSSR count). The number of anilines is 3. The number of aryl methyl sites for hydroxylation is 1. The monoisotopic (exact) mass is 717 g/mol. The van der Waals surface area contributed by atoms with Crippen LogP contribution >= 0.6 is 0 Å². The van der Waals surface area contributed by atoms with Crippen LogP contribution in [0.25, 0.3) is 88.0 Å². The second kappa shape index (κ2) is 12.9. The summed E-state index contributed by atoms with van der Waals surface area (Å²) < 4.78 is 12.7. The summed E-state index contributed by atoms with van der Waals surface area (Å²) in [5, 5.41) is 6.95. The van der Waals surface area contributed by atoms with Gasteiger partial charge in [-0.15, -0.1) is 0 Å². The molecule has 0 radical (unpaired) electrons. The maximum absolute atomic E-state index is 6.48. The molecule has 0 atom stereocenters. The topological polar surface area (TPSA) is 29.5 Å². The van der Waals surface area contributed by atoms with E-state index in [4.69, 9.17) is 8.83 Å². The Morgan fingerprint density at radius 1 is 0.357 bits per heavy atom. The van der Waals surface area contributed by atoms with Crippen LogP contribution < -0.4 is 4.90 Å². The van der Waals surface area contributed by atoms with Gasteiger partial charge in [-0.25, -0.2) is 0 Å². The molecular formula is C53H35NO2. The zero-order valence-electron chi connectivity index (χ0n) is 30.7. The van der Waals surface area contributed by atoms with Crippen LogP contribution in [-0.2, 0) is 0 Å². The Labute approximate surface area is 324 Å². The summed E-state index contributed by atoms with van der Waals surface area (Å²) in [4.78, 5) is 2.34. The van der Waals surface area contributed by atoms with Gasteiger partial charge in [-0.3, -0.25) is 0 Å². The molecule has 2 aromatic heterocycles. The minimum absolute atomic E-state index is 0.899. The van der Waals surface area contributed by atoms with Crippen LogP contribution in [0.1, 0.15) is 5.56 Å². The highest BCUT2D eigenvalue weighted by atomic mass is 16.3. The standard InChI is InChI=1S/C53H35NO2/c1-34-10-2-3-13-43(34)36-24-29-41(30-25-36)54(42-12-8-11-39(32-42)44-16-9-17-46-45-14-4-6-18-49(45)56-53(44)46)40-27-22-35(23-28-40)38-21-20-37-26-31-51-52(48(37)33-38)47-15-5-7-19-50(47)55-51/h2-33H,1H3. The van der Waals surface area contributed by atoms with Crippen molar-refractivity contribution in [3.63, 3.8) is 0 Å². The molecule has 56 heavy (non-hydrogen) atoms. The van der Waals surface area contributed by atoms with Gasteiger partial charge in [-0.2, -0.15) is 0 Å². The summed E-state index contributed by atoms with van der Waals surface area (Å²) in [6, 6.07) is 69.1. The molecule has 0 amide bonds. The molecule has 0 aliphatic heterocycles. The van der Waals surface area contributed by atoms with Gasteiger partial charge in [0, 0.05) is 44.2 Å². The van der Waals surface area contributed by atoms with Gasteiger partial charge in [-0.1, -0.05) is 133 Å². The Morgan fingerprint density at radius 3 is 1.79 bits per heavy atom. The Kier molecular flexibility index (Phi) is 7.39. The summed E-state index contributed by atoms with van der Waals surface area (Å²) >= 11 is 0. The summed E-state index contributed by atoms with van der Waals surface area (Å²) in [6.45, 7) is 2.17. The van der Waals surface area contributed by atoms with E-state index in [0.29, 0.717) is 0 Å². The largest absolute Gasteiger partial charge is 0.456 e. The van der Waals surface area contributed by atoms with E-state index in [2.05, 4.69) is 182 Å². The zero-order valence-corrected chi connectivity index (χ0v) is 30.7. The molecule has 0 saturated heterocycles. The fourth-order valence-electron chi connectivity index (χ4n) is 8.45. The second-order valence-electron chi connectivity index (χ2n) is 14.5. The van der Waals surface area contributed by atoms with Crippen LogP contribution in [0.15, 0.2) is 203 Å². The number of benzene rings is 9. The van der Waals surface area contributed by atoms with E-state index in [1.54, 1.807) is 0 Å². The lowest BCUT2D eigenvalue weighted by Gasteiger charge is -2.26. The van der Waals surface area contributed by atoms with Crippen LogP contribution in [0.3, 0.4) is 0 Å². The van der Waals surface area contributed by atoms with E-state index in [1.807, 2.05) is 24.3 Å². The molecule has 0 spiro atoms. The summed E-state index contributed by atoms with van der Waals surface area (Å²) in [7, 11) is 0. The molecule has 0 bridgehead atoms. The van der Waals surface area contributed by atoms with Gasteiger partial charge in [0.25, 0.3) is 0 Å². The molecule has 0 aliphatic carbocycles. The van der Waals surface area contributed by atoms with Gasteiger partial charge in [0.05, 0.1) is 0 Å². The van der Waals surface area contributed by atoms with E-state index in [-0.39, 0.29) is 0 Å². The third kappa shape index (κ3) is 5.28. The predicted molar refractivity (Wildman–Crippen MR) is 234 cm³/mol. The molecule has 264 valence electrons. The third-order valence-corrected chi connectivity index (χ3v) is 11.2. The minimum atomic E-state index is 0.899. The molecule has 0 unspecified atom stereocenters. The molecule has 9 aromatic carbocycles. The zero-order chi connectivity index (χ0) is 37.2. The van der Waals surface area contributed by atoms with Crippen molar-refractivity contribution in [2.75, 3.05) is 4.90 Å². The molecule has 11 aromatic rings. The van der Waals surface area contributed by atoms with Crippen LogP contribution in [0.2, 0.25) is 0 Å². The molecule has 3 nitrogen and oxygen atoms in total. The third-order valence-electron chi connectivity index (χ3n) is 11.2. The summed E-state index contributed by atoms with van der Waals surface area (Å²) in [5.74, 6) is 0. The number of furan rings is 2. The molecule has 0 aliphatic rings. The van der Waals surface area contributed by atoms with Crippen molar-refractivity contribution in [3.8, 4) is 33.4 Å². The Hall–Kier alpha value is -7.36. The first-order chi connectivity index (χ1) is 27.7. The smallest absolute Gasteiger partial charge is 0.143 e. The van der Waals surface area contributed by atoms with Gasteiger partial charge in [-0.05, 0) is 112 Å². The number of rotatable bonds is 6. The van der Waals surface area contributed by atoms with Crippen LogP contribution in [0.4, 0.5) is 17.1 Å². The van der Waals surface area contributed by atoms with E-state index in [0.717, 1.165) is 83.2 Å². The number of hydrogen-bond acceptors (Lipinski definition) is 3. The van der Waals surface area contributed by atoms with Gasteiger partial charge >= 0.3 is 0 Å². The van der Waals surface area contributed by atoms with E-state index < -0.39 is 0 Å². The van der Waals surface area contributed by atoms with Crippen molar-refractivity contribution in [2.24, 2.45) is 0 Å². The Balaban J connectivity index is 1.02. The first-order valence-corrected chi connectivity index (χ1v) is 19.1. The van der Waals surface area contributed by atoms with Crippen LogP contribution in [0, 0.1) is 6.92 Å². The number of para-hydroxylation sites is 3. The fourth-order valence-corrected chi connectivity index (χ4v) is 8.45. The number of hydrogen-bond donors (Lipinski definition) is 0. The number of fused-ring (bicyclic) bond motifs is 8. The lowest BCUT2D eigenvalue weighted by atomic mass is 9.97. The number of nitrogens with zero attached hydrogens (tertiary/aromatic N) is 1. The molecule has 3 heteroatoms. The maximum atomic E-state index is 6.48. The molecule has 0 saturated carbocycles. The normalized spacial score (nSPS) is 11.7. The van der Waals surface area contributed by atoms with Crippen molar-refractivity contribution in [3.05, 3.63) is 200 Å². The minimum Gasteiger partial charge on any atom is -0.456 e. The molecule has 0 N–H and O–H groups in total. The quantitative estimate of drug-likeness (QED) is 0.171. The van der Waals surface area contributed by atoms with Crippen LogP contribution in [-0.4, -0.2) is 0 Å². The lowest BCUT2D eigenvalue weighted by Crippen LogP contribution is -2.10. The Bertz CT molecular complexity index is 3260. The van der Waals surface area contributed by atoms with Gasteiger partial charge in [0.1, 0.15) is 22.3 Å². The Morgan fingerprint density at radius 2 is 0.982 bits per heavy atom. The summed E-state index contributed by atoms with van der Waals surface area (Å²) in [6.07, 6.45) is 0.